The summed E-state index contributed by atoms with van der Waals surface area (Å²) < 4.78 is 51.9. The Labute approximate surface area is 231 Å². The van der Waals surface area contributed by atoms with E-state index in [1.54, 1.807) is 23.1 Å². The molecule has 10 heteroatoms. The number of aliphatic imine (C=N–C) groups is 1. The zero-order valence-electron chi connectivity index (χ0n) is 22.7. The van der Waals surface area contributed by atoms with Crippen LogP contribution in [0.15, 0.2) is 65.7 Å². The Morgan fingerprint density at radius 2 is 1.77 bits per heavy atom. The molecule has 3 aromatic rings. The lowest BCUT2D eigenvalue weighted by molar-refractivity contribution is -0.137. The van der Waals surface area contributed by atoms with E-state index in [0.717, 1.165) is 12.1 Å². The van der Waals surface area contributed by atoms with Gasteiger partial charge in [0.15, 0.2) is 5.75 Å². The monoisotopic (exact) mass is 552 g/mol. The number of benzene rings is 3. The normalized spacial score (nSPS) is 16.9. The first kappa shape index (κ1) is 27.4. The zero-order chi connectivity index (χ0) is 28.6. The van der Waals surface area contributed by atoms with Crippen molar-refractivity contribution >= 4 is 23.2 Å². The molecule has 0 saturated carbocycles. The van der Waals surface area contributed by atoms with Gasteiger partial charge < -0.3 is 24.6 Å². The number of nitrogens with zero attached hydrogens (tertiary/aromatic N) is 3. The third kappa shape index (κ3) is 5.57. The highest BCUT2D eigenvalue weighted by Gasteiger charge is 2.34. The zero-order valence-corrected chi connectivity index (χ0v) is 22.7. The first-order valence-corrected chi connectivity index (χ1v) is 13.1. The first-order chi connectivity index (χ1) is 19.0. The Morgan fingerprint density at radius 3 is 2.42 bits per heavy atom. The van der Waals surface area contributed by atoms with Gasteiger partial charge in [0.05, 0.1) is 18.2 Å². The van der Waals surface area contributed by atoms with Crippen molar-refractivity contribution in [3.8, 4) is 17.2 Å². The molecule has 1 N–H and O–H groups in total. The number of alkyl halides is 3. The molecule has 2 heterocycles. The predicted octanol–water partition coefficient (Wildman–Crippen LogP) is 7.26. The second-order valence-corrected chi connectivity index (χ2v) is 10.3. The smallest absolute Gasteiger partial charge is 0.416 e. The van der Waals surface area contributed by atoms with Crippen LogP contribution in [0.1, 0.15) is 43.4 Å². The van der Waals surface area contributed by atoms with Gasteiger partial charge in [-0.15, -0.1) is 0 Å². The van der Waals surface area contributed by atoms with Crippen molar-refractivity contribution < 1.29 is 27.4 Å². The van der Waals surface area contributed by atoms with Crippen molar-refractivity contribution in [1.29, 1.82) is 0 Å². The number of amides is 2. The number of carbonyl (C=O) groups excluding carboxylic acids is 1. The fourth-order valence-corrected chi connectivity index (χ4v) is 4.90. The molecule has 0 aromatic heterocycles. The van der Waals surface area contributed by atoms with Crippen molar-refractivity contribution in [2.45, 2.75) is 38.9 Å². The Bertz CT molecular complexity index is 1440. The number of carbonyl (C=O) groups is 1. The second kappa shape index (κ2) is 10.7. The third-order valence-corrected chi connectivity index (χ3v) is 7.18. The lowest BCUT2D eigenvalue weighted by Crippen LogP contribution is -2.56. The summed E-state index contributed by atoms with van der Waals surface area (Å²) in [7, 11) is 1.54. The standard InChI is InChI=1S/C30H31F3N4O3/c1-18(2)20-5-8-22(9-6-20)34-29(38)37-14-13-36(17-19(37)3)28-24-16-23(39-4)10-12-26(24)40-27-11-7-21(30(31,32)33)15-25(27)35-28/h5-12,15-16,18-19H,13-14,17H2,1-4H3,(H,34,38)/t19-/m1/s1. The van der Waals surface area contributed by atoms with Crippen LogP contribution < -0.4 is 14.8 Å². The fourth-order valence-electron chi connectivity index (χ4n) is 4.90. The minimum atomic E-state index is -4.52. The molecule has 3 aromatic carbocycles. The average Bonchev–Trinajstić information content (AvgIpc) is 3.08. The molecule has 2 aliphatic rings. The highest BCUT2D eigenvalue weighted by molar-refractivity contribution is 6.04. The highest BCUT2D eigenvalue weighted by atomic mass is 19.4. The Hall–Kier alpha value is -4.21. The van der Waals surface area contributed by atoms with Crippen LogP contribution in [0.5, 0.6) is 17.2 Å². The molecular weight excluding hydrogens is 521 g/mol. The lowest BCUT2D eigenvalue weighted by atomic mass is 10.0. The topological polar surface area (TPSA) is 66.4 Å². The van der Waals surface area contributed by atoms with Crippen LogP contribution in [0.4, 0.5) is 29.3 Å². The minimum absolute atomic E-state index is 0.0812. The first-order valence-electron chi connectivity index (χ1n) is 13.1. The number of fused-ring (bicyclic) bond motifs is 2. The molecule has 2 aliphatic heterocycles. The number of methoxy groups -OCH3 is 1. The van der Waals surface area contributed by atoms with Crippen molar-refractivity contribution in [1.82, 2.24) is 9.80 Å². The number of halogens is 3. The summed E-state index contributed by atoms with van der Waals surface area (Å²) in [5.41, 5.74) is 1.77. The van der Waals surface area contributed by atoms with Crippen molar-refractivity contribution in [3.63, 3.8) is 0 Å². The van der Waals surface area contributed by atoms with Crippen molar-refractivity contribution in [3.05, 3.63) is 77.4 Å². The molecule has 1 saturated heterocycles. The van der Waals surface area contributed by atoms with E-state index in [4.69, 9.17) is 14.5 Å². The van der Waals surface area contributed by atoms with Crippen LogP contribution in [-0.2, 0) is 6.18 Å². The number of hydrogen-bond acceptors (Lipinski definition) is 5. The van der Waals surface area contributed by atoms with Gasteiger partial charge in [-0.05, 0) is 66.9 Å². The van der Waals surface area contributed by atoms with Gasteiger partial charge in [0.2, 0.25) is 0 Å². The summed E-state index contributed by atoms with van der Waals surface area (Å²) in [4.78, 5) is 21.6. The molecule has 210 valence electrons. The van der Waals surface area contributed by atoms with Crippen molar-refractivity contribution in [2.75, 3.05) is 32.1 Å². The number of amidine groups is 1. The van der Waals surface area contributed by atoms with Crippen LogP contribution in [-0.4, -0.2) is 54.5 Å². The molecule has 1 fully saturated rings. The number of ether oxygens (including phenoxy) is 2. The van der Waals surface area contributed by atoms with Gasteiger partial charge >= 0.3 is 12.2 Å². The maximum Gasteiger partial charge on any atom is 0.416 e. The summed E-state index contributed by atoms with van der Waals surface area (Å²) in [6, 6.07) is 15.8. The van der Waals surface area contributed by atoms with E-state index in [-0.39, 0.29) is 23.5 Å². The number of hydrogen-bond donors (Lipinski definition) is 1. The average molecular weight is 553 g/mol. The highest BCUT2D eigenvalue weighted by Crippen LogP contribution is 2.42. The SMILES string of the molecule is COc1ccc2c(c1)C(N1CCN(C(=O)Nc3ccc(C(C)C)cc3)[C@H](C)C1)=Nc1cc(C(F)(F)F)ccc1O2. The summed E-state index contributed by atoms with van der Waals surface area (Å²) in [6.45, 7) is 7.40. The maximum atomic E-state index is 13.5. The quantitative estimate of drug-likeness (QED) is 0.372. The van der Waals surface area contributed by atoms with Gasteiger partial charge in [-0.1, -0.05) is 26.0 Å². The lowest BCUT2D eigenvalue weighted by Gasteiger charge is -2.41. The molecule has 0 radical (unpaired) electrons. The van der Waals surface area contributed by atoms with Crippen LogP contribution in [0.2, 0.25) is 0 Å². The maximum absolute atomic E-state index is 13.5. The Morgan fingerprint density at radius 1 is 1.05 bits per heavy atom. The molecule has 0 unspecified atom stereocenters. The molecule has 0 aliphatic carbocycles. The van der Waals surface area contributed by atoms with Gasteiger partial charge in [-0.25, -0.2) is 9.79 Å². The third-order valence-electron chi connectivity index (χ3n) is 7.18. The molecule has 0 bridgehead atoms. The number of nitrogens with one attached hydrogen (secondary N) is 1. The number of urea groups is 1. The van der Waals surface area contributed by atoms with Gasteiger partial charge in [0, 0.05) is 31.4 Å². The Balaban J connectivity index is 1.41. The van der Waals surface area contributed by atoms with E-state index in [0.29, 0.717) is 54.1 Å². The molecule has 40 heavy (non-hydrogen) atoms. The van der Waals surface area contributed by atoms with E-state index < -0.39 is 11.7 Å². The molecule has 7 nitrogen and oxygen atoms in total. The largest absolute Gasteiger partial charge is 0.497 e. The molecular formula is C30H31F3N4O3. The molecule has 2 amide bonds. The second-order valence-electron chi connectivity index (χ2n) is 10.3. The minimum Gasteiger partial charge on any atom is -0.497 e. The number of piperazine rings is 1. The van der Waals surface area contributed by atoms with Gasteiger partial charge in [-0.2, -0.15) is 13.2 Å². The van der Waals surface area contributed by atoms with Crippen LogP contribution >= 0.6 is 0 Å². The predicted molar refractivity (Wildman–Crippen MR) is 148 cm³/mol. The van der Waals surface area contributed by atoms with E-state index >= 15 is 0 Å². The summed E-state index contributed by atoms with van der Waals surface area (Å²) in [6.07, 6.45) is -4.52. The van der Waals surface area contributed by atoms with E-state index in [2.05, 4.69) is 19.2 Å². The summed E-state index contributed by atoms with van der Waals surface area (Å²) in [5, 5.41) is 2.97. The van der Waals surface area contributed by atoms with Gasteiger partial charge in [0.25, 0.3) is 0 Å². The fraction of sp³-hybridized carbons (Fsp3) is 0.333. The van der Waals surface area contributed by atoms with Crippen LogP contribution in [0, 0.1) is 0 Å². The van der Waals surface area contributed by atoms with E-state index in [9.17, 15) is 18.0 Å². The molecule has 5 rings (SSSR count). The number of rotatable bonds is 3. The number of anilines is 1. The van der Waals surface area contributed by atoms with Crippen LogP contribution in [0.3, 0.4) is 0 Å². The van der Waals surface area contributed by atoms with E-state index in [1.807, 2.05) is 36.1 Å². The molecule has 1 atom stereocenters. The van der Waals surface area contributed by atoms with Crippen LogP contribution in [0.25, 0.3) is 0 Å². The van der Waals surface area contributed by atoms with Gasteiger partial charge in [0.1, 0.15) is 23.0 Å². The van der Waals surface area contributed by atoms with Crippen molar-refractivity contribution in [2.24, 2.45) is 4.99 Å². The van der Waals surface area contributed by atoms with E-state index in [1.165, 1.54) is 18.7 Å². The summed E-state index contributed by atoms with van der Waals surface area (Å²) >= 11 is 0. The Kier molecular flexibility index (Phi) is 7.35. The van der Waals surface area contributed by atoms with Gasteiger partial charge in [-0.3, -0.25) is 0 Å². The summed E-state index contributed by atoms with van der Waals surface area (Å²) in [5.74, 6) is 2.10. The molecule has 0 spiro atoms.